The number of halogens is 3. The van der Waals surface area contributed by atoms with Crippen LogP contribution in [0.4, 0.5) is 19.1 Å². The molecule has 0 saturated carbocycles. The van der Waals surface area contributed by atoms with Gasteiger partial charge in [0.1, 0.15) is 5.82 Å². The molecule has 3 heterocycles. The van der Waals surface area contributed by atoms with Crippen molar-refractivity contribution < 1.29 is 18.3 Å². The first-order valence-corrected chi connectivity index (χ1v) is 9.93. The van der Waals surface area contributed by atoms with Gasteiger partial charge < -0.3 is 10.0 Å². The highest BCUT2D eigenvalue weighted by molar-refractivity contribution is 7.11. The van der Waals surface area contributed by atoms with E-state index in [-0.39, 0.29) is 23.9 Å². The van der Waals surface area contributed by atoms with E-state index in [9.17, 15) is 23.1 Å². The third-order valence-electron chi connectivity index (χ3n) is 4.89. The quantitative estimate of drug-likeness (QED) is 0.679. The number of aliphatic hydroxyl groups is 1. The van der Waals surface area contributed by atoms with Crippen LogP contribution in [0.2, 0.25) is 0 Å². The van der Waals surface area contributed by atoms with E-state index in [0.717, 1.165) is 22.9 Å². The Morgan fingerprint density at radius 2 is 2.03 bits per heavy atom. The number of fused-ring (bicyclic) bond motifs is 1. The van der Waals surface area contributed by atoms with Crippen molar-refractivity contribution in [1.82, 2.24) is 19.5 Å². The fraction of sp³-hybridized carbons (Fsp3) is 0.368. The number of hydrogen-bond donors (Lipinski definition) is 1. The number of alkyl halides is 3. The Morgan fingerprint density at radius 1 is 1.27 bits per heavy atom. The molecule has 1 aromatic carbocycles. The maximum Gasteiger partial charge on any atom is 0.443 e. The Morgan fingerprint density at radius 3 is 2.70 bits per heavy atom. The molecule has 0 radical (unpaired) electrons. The van der Waals surface area contributed by atoms with E-state index < -0.39 is 23.0 Å². The lowest BCUT2D eigenvalue weighted by Gasteiger charge is -2.32. The molecule has 30 heavy (non-hydrogen) atoms. The van der Waals surface area contributed by atoms with Crippen molar-refractivity contribution in [1.29, 1.82) is 0 Å². The summed E-state index contributed by atoms with van der Waals surface area (Å²) in [5.74, 6) is 0.496. The van der Waals surface area contributed by atoms with Crippen molar-refractivity contribution in [3.05, 3.63) is 67.3 Å². The van der Waals surface area contributed by atoms with Crippen molar-refractivity contribution in [2.24, 2.45) is 0 Å². The Balaban J connectivity index is 1.60. The molecule has 1 aliphatic heterocycles. The van der Waals surface area contributed by atoms with Crippen LogP contribution in [-0.2, 0) is 19.3 Å². The number of benzene rings is 1. The average molecular weight is 437 g/mol. The number of aromatic nitrogens is 4. The van der Waals surface area contributed by atoms with Crippen LogP contribution in [0.1, 0.15) is 38.5 Å². The number of anilines is 1. The summed E-state index contributed by atoms with van der Waals surface area (Å²) in [6.07, 6.45) is -4.15. The summed E-state index contributed by atoms with van der Waals surface area (Å²) in [6, 6.07) is 5.81. The number of β-amino-alcohol motifs (C(OH)–C–C–N with tert-alkyl or cyclic N) is 1. The molecule has 0 fully saturated rings. The Bertz CT molecular complexity index is 1160. The minimum atomic E-state index is -4.52. The van der Waals surface area contributed by atoms with Gasteiger partial charge in [-0.1, -0.05) is 23.8 Å². The number of hydrogen-bond acceptors (Lipinski definition) is 7. The van der Waals surface area contributed by atoms with Crippen molar-refractivity contribution in [3.8, 4) is 0 Å². The van der Waals surface area contributed by atoms with Gasteiger partial charge in [-0.2, -0.15) is 23.1 Å². The highest BCUT2D eigenvalue weighted by Gasteiger charge is 2.34. The zero-order valence-corrected chi connectivity index (χ0v) is 17.0. The summed E-state index contributed by atoms with van der Waals surface area (Å²) in [6.45, 7) is 4.13. The van der Waals surface area contributed by atoms with Crippen LogP contribution in [0.25, 0.3) is 0 Å². The van der Waals surface area contributed by atoms with Crippen LogP contribution in [0.15, 0.2) is 29.2 Å². The highest BCUT2D eigenvalue weighted by atomic mass is 32.1. The summed E-state index contributed by atoms with van der Waals surface area (Å²) in [7, 11) is 0. The van der Waals surface area contributed by atoms with Gasteiger partial charge in [-0.05, 0) is 25.0 Å². The van der Waals surface area contributed by atoms with Crippen molar-refractivity contribution in [2.45, 2.75) is 39.2 Å². The third kappa shape index (κ3) is 3.94. The molecular weight excluding hydrogens is 419 g/mol. The van der Waals surface area contributed by atoms with Gasteiger partial charge in [-0.25, -0.2) is 9.78 Å². The van der Waals surface area contributed by atoms with E-state index in [4.69, 9.17) is 0 Å². The van der Waals surface area contributed by atoms with E-state index in [1.54, 1.807) is 11.8 Å². The second-order valence-corrected chi connectivity index (χ2v) is 8.28. The van der Waals surface area contributed by atoms with Gasteiger partial charge in [-0.15, -0.1) is 11.3 Å². The molecular formula is C19H18F3N5O2S. The summed E-state index contributed by atoms with van der Waals surface area (Å²) in [4.78, 5) is 26.3. The first-order valence-electron chi connectivity index (χ1n) is 9.11. The van der Waals surface area contributed by atoms with Crippen LogP contribution < -0.4 is 10.6 Å². The monoisotopic (exact) mass is 437 g/mol. The topological polar surface area (TPSA) is 84.1 Å². The lowest BCUT2D eigenvalue weighted by molar-refractivity contribution is -0.137. The molecule has 7 nitrogen and oxygen atoms in total. The smallest absolute Gasteiger partial charge is 0.387 e. The van der Waals surface area contributed by atoms with Crippen LogP contribution in [0.3, 0.4) is 0 Å². The Labute approximate surface area is 173 Å². The lowest BCUT2D eigenvalue weighted by atomic mass is 9.96. The SMILES string of the molecule is Cc1ccc2c(c1)C(O)CN(c1nc(C)n(Cc3cnc(C(F)(F)F)s3)c(=O)n1)C2. The van der Waals surface area contributed by atoms with Gasteiger partial charge in [0, 0.05) is 17.6 Å². The first kappa shape index (κ1) is 20.5. The standard InChI is InChI=1S/C19H18F3N5O2S/c1-10-3-4-12-7-26(9-15(28)14(12)5-10)17-24-11(2)27(18(29)25-17)8-13-6-23-16(30-13)19(20,21)22/h3-6,15,28H,7-9H2,1-2H3. The second kappa shape index (κ2) is 7.47. The van der Waals surface area contributed by atoms with Gasteiger partial charge in [0.15, 0.2) is 5.01 Å². The predicted octanol–water partition coefficient (Wildman–Crippen LogP) is 2.83. The third-order valence-corrected chi connectivity index (χ3v) is 5.91. The lowest BCUT2D eigenvalue weighted by Crippen LogP contribution is -2.38. The van der Waals surface area contributed by atoms with E-state index in [1.807, 2.05) is 25.1 Å². The molecule has 0 aliphatic carbocycles. The predicted molar refractivity (Wildman–Crippen MR) is 104 cm³/mol. The van der Waals surface area contributed by atoms with Crippen LogP contribution in [-0.4, -0.2) is 31.2 Å². The number of rotatable bonds is 3. The van der Waals surface area contributed by atoms with E-state index in [1.165, 1.54) is 4.57 Å². The fourth-order valence-electron chi connectivity index (χ4n) is 3.40. The van der Waals surface area contributed by atoms with E-state index in [2.05, 4.69) is 15.0 Å². The number of aliphatic hydroxyl groups excluding tert-OH is 1. The molecule has 1 N–H and O–H groups in total. The molecule has 1 atom stereocenters. The van der Waals surface area contributed by atoms with Crippen molar-refractivity contribution in [3.63, 3.8) is 0 Å². The van der Waals surface area contributed by atoms with Gasteiger partial charge >= 0.3 is 11.9 Å². The molecule has 1 aliphatic rings. The van der Waals surface area contributed by atoms with Crippen LogP contribution in [0.5, 0.6) is 0 Å². The minimum Gasteiger partial charge on any atom is -0.387 e. The zero-order chi connectivity index (χ0) is 21.6. The molecule has 4 rings (SSSR count). The van der Waals surface area contributed by atoms with E-state index >= 15 is 0 Å². The van der Waals surface area contributed by atoms with Crippen LogP contribution in [0, 0.1) is 13.8 Å². The molecule has 0 saturated heterocycles. The molecule has 0 spiro atoms. The summed E-state index contributed by atoms with van der Waals surface area (Å²) in [5, 5.41) is 9.53. The largest absolute Gasteiger partial charge is 0.443 e. The Hall–Kier alpha value is -2.79. The molecule has 11 heteroatoms. The first-order chi connectivity index (χ1) is 14.1. The van der Waals surface area contributed by atoms with Gasteiger partial charge in [0.25, 0.3) is 0 Å². The number of aryl methyl sites for hydroxylation is 2. The normalized spacial score (nSPS) is 16.6. The highest BCUT2D eigenvalue weighted by Crippen LogP contribution is 2.33. The van der Waals surface area contributed by atoms with Crippen LogP contribution >= 0.6 is 11.3 Å². The summed E-state index contributed by atoms with van der Waals surface area (Å²) in [5.41, 5.74) is 2.20. The average Bonchev–Trinajstić information content (AvgIpc) is 3.14. The molecule has 1 unspecified atom stereocenters. The second-order valence-electron chi connectivity index (χ2n) is 7.17. The summed E-state index contributed by atoms with van der Waals surface area (Å²) < 4.78 is 39.4. The molecule has 2 aromatic heterocycles. The fourth-order valence-corrected chi connectivity index (χ4v) is 4.17. The maximum atomic E-state index is 12.7. The van der Waals surface area contributed by atoms with Gasteiger partial charge in [0.05, 0.1) is 19.2 Å². The molecule has 158 valence electrons. The maximum absolute atomic E-state index is 12.7. The molecule has 0 amide bonds. The van der Waals surface area contributed by atoms with E-state index in [0.29, 0.717) is 23.7 Å². The number of thiazole rings is 1. The zero-order valence-electron chi connectivity index (χ0n) is 16.1. The molecule has 0 bridgehead atoms. The summed E-state index contributed by atoms with van der Waals surface area (Å²) >= 11 is 0.483. The van der Waals surface area contributed by atoms with Crippen molar-refractivity contribution >= 4 is 17.3 Å². The number of nitrogens with zero attached hydrogens (tertiary/aromatic N) is 5. The molecule has 3 aromatic rings. The Kier molecular flexibility index (Phi) is 5.10. The van der Waals surface area contributed by atoms with Gasteiger partial charge in [-0.3, -0.25) is 4.57 Å². The minimum absolute atomic E-state index is 0.0938. The van der Waals surface area contributed by atoms with Crippen molar-refractivity contribution in [2.75, 3.05) is 11.4 Å². The van der Waals surface area contributed by atoms with Gasteiger partial charge in [0.2, 0.25) is 5.95 Å².